The van der Waals surface area contributed by atoms with Crippen LogP contribution in [0.2, 0.25) is 30.8 Å². The van der Waals surface area contributed by atoms with Gasteiger partial charge in [0.2, 0.25) is 0 Å². The van der Waals surface area contributed by atoms with Crippen LogP contribution < -0.4 is 107 Å². The van der Waals surface area contributed by atoms with E-state index < -0.39 is 7.12 Å². The van der Waals surface area contributed by atoms with Crippen molar-refractivity contribution in [3.05, 3.63) is 376 Å². The van der Waals surface area contributed by atoms with Gasteiger partial charge in [0, 0.05) is 116 Å². The van der Waals surface area contributed by atoms with Crippen LogP contribution in [0.25, 0.3) is 79.9 Å². The molecule has 0 saturated carbocycles. The van der Waals surface area contributed by atoms with Crippen molar-refractivity contribution in [2.24, 2.45) is 4.30 Å². The molecule has 0 spiro atoms. The van der Waals surface area contributed by atoms with Gasteiger partial charge in [-0.15, -0.1) is 45.3 Å². The number of carbonyl (C=O) groups is 1. The third-order valence-corrected chi connectivity index (χ3v) is 27.7. The molecule has 0 aliphatic carbocycles. The normalized spacial score (nSPS) is 11.6. The van der Waals surface area contributed by atoms with Crippen molar-refractivity contribution in [3.63, 3.8) is 0 Å². The summed E-state index contributed by atoms with van der Waals surface area (Å²) in [6.45, 7) is 16.0. The number of halogens is 11. The summed E-state index contributed by atoms with van der Waals surface area (Å²) < 4.78 is 128. The van der Waals surface area contributed by atoms with Gasteiger partial charge >= 0.3 is 91.0 Å². The minimum Gasteiger partial charge on any atom is -1.00 e. The first kappa shape index (κ1) is 124. The van der Waals surface area contributed by atoms with Crippen LogP contribution in [0.5, 0.6) is 51.7 Å². The number of aromatic nitrogens is 5. The van der Waals surface area contributed by atoms with E-state index in [9.17, 15) is 22.4 Å². The molecule has 0 bridgehead atoms. The molecule has 18 aromatic rings. The topological polar surface area (TPSA) is 225 Å². The van der Waals surface area contributed by atoms with Gasteiger partial charge in [0.05, 0.1) is 101 Å². The van der Waals surface area contributed by atoms with Crippen LogP contribution >= 0.6 is 144 Å². The number of carbonyl (C=O) groups excluding carboxylic acids is 1. The molecule has 1 aliphatic heterocycles. The van der Waals surface area contributed by atoms with Crippen molar-refractivity contribution in [3.8, 4) is 85.5 Å². The Morgan fingerprint density at radius 3 is 1.03 bits per heavy atom. The first-order valence-electron chi connectivity index (χ1n) is 44.5. The van der Waals surface area contributed by atoms with Crippen molar-refractivity contribution in [2.45, 2.75) is 78.9 Å². The molecule has 1 N–H and O–H groups in total. The molecule has 20 nitrogen and oxygen atoms in total. The number of hydrogen-bond donors (Lipinski definition) is 2. The summed E-state index contributed by atoms with van der Waals surface area (Å²) in [4.78, 5) is 33.5. The molecule has 19 rings (SSSR count). The van der Waals surface area contributed by atoms with E-state index in [-0.39, 0.29) is 123 Å². The standard InChI is InChI=1S/C25H22FNO3S.C23H17BrFNO3S.C21H15ClFNO2S.C14H16BFO2S.C13H11Cl2NO2.C8H10O2.C5H2Cl3N.BHNS.B.2Na.2H/c1-4-29-16(2)23-12-19(30-14-17-8-10-18(28-3)11-9-17)13-24(27-23)21-15-31-25-20(21)6-5-7-22(25)26;1-28-15-7-5-14(6-8-15)12-29-16-9-20(26-21(10-16)22(27)11-24)18-13-30-23-17(18)3-2-4-19(23)25;1-25-14-7-5-13(6-8-14)11-26-15-9-19(24-20(22)10-15)17-12-27-21-16(17)3-2-4-18(21)23;1-13(2)14(3,4)18-15(17-13)10-8-19-12-9(10)6-5-7-11(12)16;1-17-10-4-2-9(3-5-10)8-18-11-6-12(14)16-13(15)7-11;1-10-8-4-2-7(6-9)3-5-8;6-3-1-4(7)9-5(8)2-3;1-2-3;;;;;/h5-13,15H,2,4,14H2,1,3H3;2-10,13H,11-12H2,1H3;2-10,12H,11H2,1H3;5-8H,1-4H3;2-7H,8H2,1H3;2-5,9H,6H2,1H3;1-2H;3H;;;;;/q;;;;;;;;;2*+1;2*-1. The summed E-state index contributed by atoms with van der Waals surface area (Å²) in [6, 6.07) is 74.9. The van der Waals surface area contributed by atoms with E-state index in [4.69, 9.17) is 136 Å². The van der Waals surface area contributed by atoms with E-state index in [1.807, 2.05) is 214 Å². The van der Waals surface area contributed by atoms with E-state index in [2.05, 4.69) is 67.2 Å². The quantitative estimate of drug-likeness (QED) is 0.00928. The second kappa shape index (κ2) is 60.7. The van der Waals surface area contributed by atoms with Gasteiger partial charge in [0.15, 0.2) is 5.78 Å². The van der Waals surface area contributed by atoms with Gasteiger partial charge in [0.1, 0.15) is 144 Å². The number of pyridine rings is 5. The zero-order valence-electron chi connectivity index (χ0n) is 85.1. The maximum Gasteiger partial charge on any atom is 1.00 e. The van der Waals surface area contributed by atoms with Gasteiger partial charge in [-0.1, -0.05) is 201 Å². The molecule has 1 saturated heterocycles. The maximum atomic E-state index is 14.2. The van der Waals surface area contributed by atoms with E-state index in [0.29, 0.717) is 140 Å². The number of fused-ring (bicyclic) bond motifs is 4. The number of aliphatic hydroxyl groups excluding tert-OH is 1. The number of thiol groups is 1. The average Bonchev–Trinajstić information content (AvgIpc) is 1.59. The molecule has 41 heteroatoms. The number of ether oxygens (including phenoxy) is 10. The summed E-state index contributed by atoms with van der Waals surface area (Å²) in [5.74, 6) is 5.72. The number of aliphatic hydroxyl groups is 1. The molecule has 9 aromatic heterocycles. The largest absolute Gasteiger partial charge is 1.00 e. The maximum absolute atomic E-state index is 14.2. The fourth-order valence-electron chi connectivity index (χ4n) is 13.9. The Morgan fingerprint density at radius 2 is 0.707 bits per heavy atom. The Hall–Kier alpha value is -9.86. The number of ketones is 1. The van der Waals surface area contributed by atoms with Crippen LogP contribution in [0.4, 0.5) is 17.6 Å². The zero-order chi connectivity index (χ0) is 105. The van der Waals surface area contributed by atoms with Gasteiger partial charge in [0.25, 0.3) is 0 Å². The van der Waals surface area contributed by atoms with Gasteiger partial charge in [-0.3, -0.25) is 4.79 Å². The molecular weight excluding hydrogens is 2220 g/mol. The average molecular weight is 2320 g/mol. The molecule has 1 aliphatic rings. The summed E-state index contributed by atoms with van der Waals surface area (Å²) in [5, 5.41) is 21.7. The first-order valence-corrected chi connectivity index (χ1v) is 51.8. The van der Waals surface area contributed by atoms with Gasteiger partial charge in [-0.05, 0) is 170 Å². The van der Waals surface area contributed by atoms with Crippen LogP contribution in [0.1, 0.15) is 81.5 Å². The van der Waals surface area contributed by atoms with Crippen molar-refractivity contribution < 1.29 is 146 Å². The molecule has 0 atom stereocenters. The second-order valence-electron chi connectivity index (χ2n) is 32.3. The molecule has 1 fully saturated rings. The Labute approximate surface area is 977 Å². The summed E-state index contributed by atoms with van der Waals surface area (Å²) in [5.41, 5.74) is 10.3. The first-order chi connectivity index (χ1) is 70.7. The minimum atomic E-state index is -0.430. The van der Waals surface area contributed by atoms with Crippen molar-refractivity contribution in [1.82, 2.24) is 24.9 Å². The Bertz CT molecular complexity index is 7410. The molecule has 10 heterocycles. The molecule has 764 valence electrons. The molecular formula is C109H96B3BrCl6F4N6Na2O14S5. The Kier molecular flexibility index (Phi) is 50.0. The number of benzene rings is 9. The van der Waals surface area contributed by atoms with Crippen molar-refractivity contribution >= 4 is 224 Å². The van der Waals surface area contributed by atoms with Gasteiger partial charge in [-0.2, -0.15) is 0 Å². The number of alkyl halides is 1. The molecule has 4 radical (unpaired) electrons. The SMILES string of the molecule is C=C(OCC)c1cc(OCc2ccc(OC)cc2)cc(-c2csc3c(F)cccc23)n1.CC1(C)OB(c2csc3c(F)cccc23)OC1(C)C.COc1ccc(CO)cc1.COc1ccc(COc2cc(C(=O)CBr)nc(-c3csc4c(F)cccc34)c2)cc1.COc1ccc(COc2cc(Cl)nc(-c3csc4c(F)cccc34)c2)cc1.COc1ccc(COc2cc(Cl)nc(Cl)c2)cc1.Clc1cc(Cl)nc(Cl)c1.[B].[B]=NS.[H-].[H-].[Na+].[Na+]. The molecule has 0 unspecified atom stereocenters. The van der Waals surface area contributed by atoms with Crippen LogP contribution in [-0.4, -0.2) is 118 Å². The number of rotatable bonds is 27. The van der Waals surface area contributed by atoms with Crippen LogP contribution in [-0.2, 0) is 47.1 Å². The number of thiophene rings is 4. The van der Waals surface area contributed by atoms with E-state index >= 15 is 0 Å². The molecule has 150 heavy (non-hydrogen) atoms. The van der Waals surface area contributed by atoms with Crippen LogP contribution in [0.15, 0.2) is 287 Å². The van der Waals surface area contributed by atoms with Crippen molar-refractivity contribution in [2.75, 3.05) is 47.5 Å². The third-order valence-electron chi connectivity index (χ3n) is 22.0. The number of nitrogens with zero attached hydrogens (tertiary/aromatic N) is 6. The van der Waals surface area contributed by atoms with Gasteiger partial charge < -0.3 is 64.6 Å². The predicted molar refractivity (Wildman–Crippen MR) is 603 cm³/mol. The van der Waals surface area contributed by atoms with Crippen LogP contribution in [0, 0.1) is 23.3 Å². The third kappa shape index (κ3) is 35.1. The zero-order valence-corrected chi connectivity index (χ0v) is 97.4. The minimum absolute atomic E-state index is 0. The number of Topliss-reactive ketones (excluding diaryl/α,β-unsaturated/α-hetero) is 1. The monoisotopic (exact) mass is 2320 g/mol. The van der Waals surface area contributed by atoms with Crippen molar-refractivity contribution in [1.29, 1.82) is 0 Å². The smallest absolute Gasteiger partial charge is 1.00 e. The van der Waals surface area contributed by atoms with Crippen LogP contribution in [0.3, 0.4) is 0 Å². The number of hydrogen-bond acceptors (Lipinski definition) is 25. The summed E-state index contributed by atoms with van der Waals surface area (Å²) in [6.07, 6.45) is 0. The second-order valence-corrected chi connectivity index (χ2v) is 39.0. The van der Waals surface area contributed by atoms with E-state index in [1.54, 1.807) is 96.2 Å². The predicted octanol–water partition coefficient (Wildman–Crippen LogP) is 24.9. The Balaban J connectivity index is 0.000000244. The fourth-order valence-corrected chi connectivity index (χ4v) is 19.4. The molecule has 9 aromatic carbocycles. The van der Waals surface area contributed by atoms with Gasteiger partial charge in [-0.25, -0.2) is 42.5 Å². The fraction of sp³-hybridized carbons (Fsp3) is 0.174. The molecule has 0 amide bonds. The van der Waals surface area contributed by atoms with E-state index in [1.165, 1.54) is 81.7 Å². The summed E-state index contributed by atoms with van der Waals surface area (Å²) >= 11 is 46.0. The number of methoxy groups -OCH3 is 5. The van der Waals surface area contributed by atoms with E-state index in [0.717, 1.165) is 100 Å². The Morgan fingerprint density at radius 1 is 0.427 bits per heavy atom. The summed E-state index contributed by atoms with van der Waals surface area (Å²) in [7, 11) is 12.0.